The molecule has 4 unspecified atom stereocenters. The lowest BCUT2D eigenvalue weighted by Gasteiger charge is -2.20. The highest BCUT2D eigenvalue weighted by Crippen LogP contribution is 2.38. The highest BCUT2D eigenvalue weighted by atomic mass is 16.5. The molecule has 2 bridgehead atoms. The first-order valence-corrected chi connectivity index (χ1v) is 7.66. The third kappa shape index (κ3) is 3.16. The summed E-state index contributed by atoms with van der Waals surface area (Å²) in [7, 11) is 0. The fraction of sp³-hybridized carbons (Fsp3) is 0.529. The molecule has 4 heteroatoms. The van der Waals surface area contributed by atoms with Crippen molar-refractivity contribution in [3.63, 3.8) is 0 Å². The smallest absolute Gasteiger partial charge is 0.226 e. The number of carbonyl (C=O) groups is 2. The van der Waals surface area contributed by atoms with E-state index in [2.05, 4.69) is 5.32 Å². The molecule has 2 fully saturated rings. The Morgan fingerprint density at radius 3 is 2.67 bits per heavy atom. The van der Waals surface area contributed by atoms with Crippen LogP contribution in [0.3, 0.4) is 0 Å². The molecule has 3 rings (SSSR count). The number of rotatable bonds is 5. The van der Waals surface area contributed by atoms with Crippen molar-refractivity contribution < 1.29 is 14.3 Å². The summed E-state index contributed by atoms with van der Waals surface area (Å²) in [6.45, 7) is 1.76. The van der Waals surface area contributed by atoms with E-state index in [-0.39, 0.29) is 29.8 Å². The predicted molar refractivity (Wildman–Crippen MR) is 78.8 cm³/mol. The number of hydrogen-bond donors (Lipinski definition) is 1. The minimum atomic E-state index is -0.447. The van der Waals surface area contributed by atoms with Crippen LogP contribution in [0.4, 0.5) is 0 Å². The van der Waals surface area contributed by atoms with Crippen molar-refractivity contribution >= 4 is 11.7 Å². The summed E-state index contributed by atoms with van der Waals surface area (Å²) in [5.74, 6) is -0.0644. The molecule has 2 heterocycles. The van der Waals surface area contributed by atoms with Crippen LogP contribution >= 0.6 is 0 Å². The van der Waals surface area contributed by atoms with Crippen LogP contribution in [0, 0.1) is 5.92 Å². The fourth-order valence-electron chi connectivity index (χ4n) is 3.26. The SMILES string of the molecule is CC(NC(=O)C1CC2CCC1O2)C(=O)Cc1ccccc1. The normalized spacial score (nSPS) is 28.3. The Morgan fingerprint density at radius 2 is 2.05 bits per heavy atom. The van der Waals surface area contributed by atoms with E-state index in [0.717, 1.165) is 24.8 Å². The molecular formula is C17H21NO3. The molecular weight excluding hydrogens is 266 g/mol. The van der Waals surface area contributed by atoms with Gasteiger partial charge in [-0.25, -0.2) is 0 Å². The summed E-state index contributed by atoms with van der Waals surface area (Å²) in [6, 6.07) is 9.16. The van der Waals surface area contributed by atoms with Gasteiger partial charge in [0.15, 0.2) is 5.78 Å². The Bertz CT molecular complexity index is 528. The minimum Gasteiger partial charge on any atom is -0.374 e. The van der Waals surface area contributed by atoms with Crippen LogP contribution in [-0.2, 0) is 20.7 Å². The molecule has 0 aliphatic carbocycles. The Balaban J connectivity index is 1.52. The molecule has 4 atom stereocenters. The molecule has 0 radical (unpaired) electrons. The highest BCUT2D eigenvalue weighted by molar-refractivity contribution is 5.91. The van der Waals surface area contributed by atoms with E-state index in [1.165, 1.54) is 0 Å². The highest BCUT2D eigenvalue weighted by Gasteiger charge is 2.44. The van der Waals surface area contributed by atoms with Crippen LogP contribution in [0.5, 0.6) is 0 Å². The standard InChI is InChI=1S/C17H21NO3/c1-11(15(19)9-12-5-3-2-4-6-12)18-17(20)14-10-13-7-8-16(14)21-13/h2-6,11,13-14,16H,7-10H2,1H3,(H,18,20). The van der Waals surface area contributed by atoms with Gasteiger partial charge in [0.1, 0.15) is 0 Å². The lowest BCUT2D eigenvalue weighted by atomic mass is 9.88. The molecule has 2 saturated heterocycles. The number of benzene rings is 1. The van der Waals surface area contributed by atoms with E-state index in [1.54, 1.807) is 6.92 Å². The molecule has 1 aromatic carbocycles. The Hall–Kier alpha value is -1.68. The van der Waals surface area contributed by atoms with Crippen LogP contribution in [-0.4, -0.2) is 29.9 Å². The maximum Gasteiger partial charge on any atom is 0.226 e. The second-order valence-corrected chi connectivity index (χ2v) is 6.08. The largest absolute Gasteiger partial charge is 0.374 e. The van der Waals surface area contributed by atoms with Crippen molar-refractivity contribution in [3.8, 4) is 0 Å². The molecule has 1 aromatic rings. The fourth-order valence-corrected chi connectivity index (χ4v) is 3.26. The van der Waals surface area contributed by atoms with Gasteiger partial charge in [0.25, 0.3) is 0 Å². The second kappa shape index (κ2) is 5.98. The van der Waals surface area contributed by atoms with Crippen molar-refractivity contribution in [2.75, 3.05) is 0 Å². The van der Waals surface area contributed by atoms with Gasteiger partial charge in [-0.2, -0.15) is 0 Å². The van der Waals surface area contributed by atoms with Crippen LogP contribution in [0.15, 0.2) is 30.3 Å². The molecule has 112 valence electrons. The van der Waals surface area contributed by atoms with Crippen LogP contribution < -0.4 is 5.32 Å². The lowest BCUT2D eigenvalue weighted by Crippen LogP contribution is -2.44. The number of ketones is 1. The number of fused-ring (bicyclic) bond motifs is 2. The van der Waals surface area contributed by atoms with Gasteiger partial charge in [-0.15, -0.1) is 0 Å². The number of Topliss-reactive ketones (excluding diaryl/α,β-unsaturated/α-hetero) is 1. The number of amides is 1. The minimum absolute atomic E-state index is 0.0314. The van der Waals surface area contributed by atoms with Crippen LogP contribution in [0.1, 0.15) is 31.7 Å². The average molecular weight is 287 g/mol. The molecule has 2 aliphatic heterocycles. The molecule has 1 amide bonds. The number of hydrogen-bond acceptors (Lipinski definition) is 3. The molecule has 0 spiro atoms. The maximum atomic E-state index is 12.3. The number of carbonyl (C=O) groups excluding carboxylic acids is 2. The molecule has 2 aliphatic rings. The molecule has 4 nitrogen and oxygen atoms in total. The third-order valence-corrected chi connectivity index (χ3v) is 4.51. The van der Waals surface area contributed by atoms with E-state index >= 15 is 0 Å². The zero-order valence-corrected chi connectivity index (χ0v) is 12.2. The topological polar surface area (TPSA) is 55.4 Å². The summed E-state index contributed by atoms with van der Waals surface area (Å²) in [4.78, 5) is 24.4. The quantitative estimate of drug-likeness (QED) is 0.899. The first-order chi connectivity index (χ1) is 10.1. The Morgan fingerprint density at radius 1 is 1.29 bits per heavy atom. The first kappa shape index (κ1) is 14.3. The second-order valence-electron chi connectivity index (χ2n) is 6.08. The third-order valence-electron chi connectivity index (χ3n) is 4.51. The van der Waals surface area contributed by atoms with Crippen molar-refractivity contribution in [3.05, 3.63) is 35.9 Å². The van der Waals surface area contributed by atoms with Gasteiger partial charge < -0.3 is 10.1 Å². The van der Waals surface area contributed by atoms with Gasteiger partial charge in [0, 0.05) is 6.42 Å². The Kier molecular flexibility index (Phi) is 4.06. The van der Waals surface area contributed by atoms with Gasteiger partial charge >= 0.3 is 0 Å². The van der Waals surface area contributed by atoms with Gasteiger partial charge in [-0.05, 0) is 31.7 Å². The summed E-state index contributed by atoms with van der Waals surface area (Å²) in [6.07, 6.45) is 3.50. The Labute approximate surface area is 124 Å². The predicted octanol–water partition coefficient (Wildman–Crippen LogP) is 1.87. The average Bonchev–Trinajstić information content (AvgIpc) is 3.11. The molecule has 0 saturated carbocycles. The first-order valence-electron chi connectivity index (χ1n) is 7.66. The van der Waals surface area contributed by atoms with Crippen molar-refractivity contribution in [1.82, 2.24) is 5.32 Å². The summed E-state index contributed by atoms with van der Waals surface area (Å²) in [5.41, 5.74) is 0.979. The zero-order valence-electron chi connectivity index (χ0n) is 12.2. The molecule has 1 N–H and O–H groups in total. The van der Waals surface area contributed by atoms with Gasteiger partial charge in [-0.1, -0.05) is 30.3 Å². The van der Waals surface area contributed by atoms with E-state index < -0.39 is 6.04 Å². The van der Waals surface area contributed by atoms with Crippen LogP contribution in [0.25, 0.3) is 0 Å². The van der Waals surface area contributed by atoms with E-state index in [1.807, 2.05) is 30.3 Å². The molecule has 21 heavy (non-hydrogen) atoms. The summed E-state index contributed by atoms with van der Waals surface area (Å²) in [5, 5.41) is 2.86. The maximum absolute atomic E-state index is 12.3. The monoisotopic (exact) mass is 287 g/mol. The lowest BCUT2D eigenvalue weighted by molar-refractivity contribution is -0.130. The summed E-state index contributed by atoms with van der Waals surface area (Å²) >= 11 is 0. The van der Waals surface area contributed by atoms with E-state index in [4.69, 9.17) is 4.74 Å². The van der Waals surface area contributed by atoms with Crippen LogP contribution in [0.2, 0.25) is 0 Å². The zero-order chi connectivity index (χ0) is 14.8. The van der Waals surface area contributed by atoms with Crippen molar-refractivity contribution in [2.24, 2.45) is 5.92 Å². The number of ether oxygens (including phenoxy) is 1. The van der Waals surface area contributed by atoms with Gasteiger partial charge in [0.05, 0.1) is 24.2 Å². The van der Waals surface area contributed by atoms with E-state index in [0.29, 0.717) is 6.42 Å². The van der Waals surface area contributed by atoms with Gasteiger partial charge in [-0.3, -0.25) is 9.59 Å². The van der Waals surface area contributed by atoms with E-state index in [9.17, 15) is 9.59 Å². The van der Waals surface area contributed by atoms with Crippen molar-refractivity contribution in [1.29, 1.82) is 0 Å². The summed E-state index contributed by atoms with van der Waals surface area (Å²) < 4.78 is 5.70. The number of nitrogens with one attached hydrogen (secondary N) is 1. The van der Waals surface area contributed by atoms with Crippen molar-refractivity contribution in [2.45, 2.75) is 50.9 Å². The molecule has 0 aromatic heterocycles. The van der Waals surface area contributed by atoms with Gasteiger partial charge in [0.2, 0.25) is 5.91 Å².